The number of phenols is 1. The highest BCUT2D eigenvalue weighted by Gasteiger charge is 2.38. The fourth-order valence-corrected chi connectivity index (χ4v) is 2.60. The fraction of sp³-hybridized carbons (Fsp3) is 0.467. The topological polar surface area (TPSA) is 76.1 Å². The van der Waals surface area contributed by atoms with Crippen LogP contribution < -0.4 is 4.74 Å². The first-order chi connectivity index (χ1) is 9.97. The molecule has 6 heteroatoms. The number of phenolic OH excluding ortho intramolecular Hbond substituents is 1. The van der Waals surface area contributed by atoms with Crippen LogP contribution in [0.1, 0.15) is 17.3 Å². The SMILES string of the molecule is COC(=O)C1CN(C(=O)c2ccc(OC)c(O)c2)CC1C. The molecule has 1 aromatic rings. The van der Waals surface area contributed by atoms with Crippen molar-refractivity contribution in [3.05, 3.63) is 23.8 Å². The van der Waals surface area contributed by atoms with Gasteiger partial charge >= 0.3 is 5.97 Å². The third-order valence-electron chi connectivity index (χ3n) is 3.83. The van der Waals surface area contributed by atoms with Gasteiger partial charge in [0.05, 0.1) is 20.1 Å². The van der Waals surface area contributed by atoms with Gasteiger partial charge < -0.3 is 19.5 Å². The van der Waals surface area contributed by atoms with Crippen molar-refractivity contribution >= 4 is 11.9 Å². The molecule has 6 nitrogen and oxygen atoms in total. The molecule has 1 aliphatic rings. The molecule has 1 aliphatic heterocycles. The summed E-state index contributed by atoms with van der Waals surface area (Å²) in [7, 11) is 2.79. The Labute approximate surface area is 123 Å². The lowest BCUT2D eigenvalue weighted by Gasteiger charge is -2.16. The lowest BCUT2D eigenvalue weighted by atomic mass is 9.99. The minimum Gasteiger partial charge on any atom is -0.504 e. The summed E-state index contributed by atoms with van der Waals surface area (Å²) in [6, 6.07) is 4.51. The van der Waals surface area contributed by atoms with E-state index in [0.29, 0.717) is 24.4 Å². The third kappa shape index (κ3) is 2.94. The molecule has 0 saturated carbocycles. The number of nitrogens with zero attached hydrogens (tertiary/aromatic N) is 1. The first-order valence-corrected chi connectivity index (χ1v) is 6.72. The average Bonchev–Trinajstić information content (AvgIpc) is 2.87. The Morgan fingerprint density at radius 1 is 1.29 bits per heavy atom. The van der Waals surface area contributed by atoms with Crippen molar-refractivity contribution in [2.24, 2.45) is 11.8 Å². The van der Waals surface area contributed by atoms with E-state index in [4.69, 9.17) is 9.47 Å². The van der Waals surface area contributed by atoms with E-state index in [1.165, 1.54) is 20.3 Å². The Balaban J connectivity index is 2.14. The van der Waals surface area contributed by atoms with Gasteiger partial charge in [-0.15, -0.1) is 0 Å². The van der Waals surface area contributed by atoms with Gasteiger partial charge in [-0.2, -0.15) is 0 Å². The van der Waals surface area contributed by atoms with Gasteiger partial charge in [-0.25, -0.2) is 0 Å². The van der Waals surface area contributed by atoms with Gasteiger partial charge in [-0.3, -0.25) is 9.59 Å². The molecule has 0 bridgehead atoms. The average molecular weight is 293 g/mol. The molecule has 1 N–H and O–H groups in total. The zero-order chi connectivity index (χ0) is 15.6. The van der Waals surface area contributed by atoms with Gasteiger partial charge in [0, 0.05) is 18.7 Å². The largest absolute Gasteiger partial charge is 0.504 e. The summed E-state index contributed by atoms with van der Waals surface area (Å²) in [5.41, 5.74) is 0.367. The second-order valence-corrected chi connectivity index (χ2v) is 5.20. The van der Waals surface area contributed by atoms with Crippen LogP contribution >= 0.6 is 0 Å². The molecule has 2 rings (SSSR count). The van der Waals surface area contributed by atoms with Gasteiger partial charge in [0.15, 0.2) is 11.5 Å². The highest BCUT2D eigenvalue weighted by Crippen LogP contribution is 2.29. The van der Waals surface area contributed by atoms with Crippen LogP contribution in [0.2, 0.25) is 0 Å². The maximum Gasteiger partial charge on any atom is 0.310 e. The fourth-order valence-electron chi connectivity index (χ4n) is 2.60. The molecular weight excluding hydrogens is 274 g/mol. The van der Waals surface area contributed by atoms with Crippen molar-refractivity contribution in [1.82, 2.24) is 4.90 Å². The molecule has 0 aromatic heterocycles. The van der Waals surface area contributed by atoms with Gasteiger partial charge in [0.25, 0.3) is 5.91 Å². The molecule has 1 saturated heterocycles. The summed E-state index contributed by atoms with van der Waals surface area (Å²) in [5, 5.41) is 9.74. The maximum absolute atomic E-state index is 12.4. The van der Waals surface area contributed by atoms with E-state index >= 15 is 0 Å². The summed E-state index contributed by atoms with van der Waals surface area (Å²) in [4.78, 5) is 25.7. The molecule has 0 aliphatic carbocycles. The molecule has 21 heavy (non-hydrogen) atoms. The van der Waals surface area contributed by atoms with Crippen molar-refractivity contribution in [1.29, 1.82) is 0 Å². The van der Waals surface area contributed by atoms with E-state index in [1.807, 2.05) is 6.92 Å². The number of carbonyl (C=O) groups excluding carboxylic acids is 2. The number of hydrogen-bond donors (Lipinski definition) is 1. The maximum atomic E-state index is 12.4. The summed E-state index contributed by atoms with van der Waals surface area (Å²) < 4.78 is 9.70. The highest BCUT2D eigenvalue weighted by molar-refractivity contribution is 5.95. The number of amides is 1. The van der Waals surface area contributed by atoms with Crippen LogP contribution in [-0.2, 0) is 9.53 Å². The molecule has 0 radical (unpaired) electrons. The third-order valence-corrected chi connectivity index (χ3v) is 3.83. The van der Waals surface area contributed by atoms with Crippen LogP contribution in [0, 0.1) is 11.8 Å². The first-order valence-electron chi connectivity index (χ1n) is 6.72. The Morgan fingerprint density at radius 2 is 2.00 bits per heavy atom. The minimum absolute atomic E-state index is 0.0493. The van der Waals surface area contributed by atoms with Crippen LogP contribution in [0.3, 0.4) is 0 Å². The first kappa shape index (κ1) is 15.2. The molecule has 0 spiro atoms. The number of carbonyl (C=O) groups is 2. The Bertz CT molecular complexity index is 557. The van der Waals surface area contributed by atoms with Crippen LogP contribution in [0.25, 0.3) is 0 Å². The van der Waals surface area contributed by atoms with Crippen molar-refractivity contribution in [2.75, 3.05) is 27.3 Å². The highest BCUT2D eigenvalue weighted by atomic mass is 16.5. The lowest BCUT2D eigenvalue weighted by Crippen LogP contribution is -2.30. The molecule has 1 heterocycles. The van der Waals surface area contributed by atoms with Crippen molar-refractivity contribution < 1.29 is 24.2 Å². The second-order valence-electron chi connectivity index (χ2n) is 5.20. The van der Waals surface area contributed by atoms with Crippen LogP contribution in [0.4, 0.5) is 0 Å². The predicted molar refractivity (Wildman–Crippen MR) is 75.2 cm³/mol. The number of benzene rings is 1. The van der Waals surface area contributed by atoms with Crippen LogP contribution in [0.15, 0.2) is 18.2 Å². The van der Waals surface area contributed by atoms with Crippen molar-refractivity contribution in [3.8, 4) is 11.5 Å². The Kier molecular flexibility index (Phi) is 4.35. The molecule has 114 valence electrons. The van der Waals surface area contributed by atoms with Crippen molar-refractivity contribution in [2.45, 2.75) is 6.92 Å². The number of likely N-dealkylation sites (tertiary alicyclic amines) is 1. The van der Waals surface area contributed by atoms with Gasteiger partial charge in [0.2, 0.25) is 0 Å². The minimum atomic E-state index is -0.300. The zero-order valence-electron chi connectivity index (χ0n) is 12.3. The number of aromatic hydroxyl groups is 1. The molecule has 1 aromatic carbocycles. The van der Waals surface area contributed by atoms with E-state index in [0.717, 1.165) is 0 Å². The molecule has 2 unspecified atom stereocenters. The van der Waals surface area contributed by atoms with E-state index < -0.39 is 0 Å². The normalized spacial score (nSPS) is 21.2. The number of ether oxygens (including phenoxy) is 2. The number of hydrogen-bond acceptors (Lipinski definition) is 5. The van der Waals surface area contributed by atoms with Gasteiger partial charge in [-0.1, -0.05) is 6.92 Å². The van der Waals surface area contributed by atoms with E-state index in [2.05, 4.69) is 0 Å². The molecular formula is C15H19NO5. The van der Waals surface area contributed by atoms with E-state index in [1.54, 1.807) is 17.0 Å². The number of esters is 1. The Hall–Kier alpha value is -2.24. The second kappa shape index (κ2) is 6.03. The summed E-state index contributed by atoms with van der Waals surface area (Å²) in [5.74, 6) is -0.533. The zero-order valence-corrected chi connectivity index (χ0v) is 12.3. The lowest BCUT2D eigenvalue weighted by molar-refractivity contribution is -0.146. The van der Waals surface area contributed by atoms with Crippen molar-refractivity contribution in [3.63, 3.8) is 0 Å². The van der Waals surface area contributed by atoms with E-state index in [9.17, 15) is 14.7 Å². The standard InChI is InChI=1S/C15H19NO5/c1-9-7-16(8-11(9)15(19)21-3)14(18)10-4-5-13(20-2)12(17)6-10/h4-6,9,11,17H,7-8H2,1-3H3. The van der Waals surface area contributed by atoms with Crippen LogP contribution in [0.5, 0.6) is 11.5 Å². The number of methoxy groups -OCH3 is 2. The predicted octanol–water partition coefficient (Wildman–Crippen LogP) is 1.28. The Morgan fingerprint density at radius 3 is 2.57 bits per heavy atom. The van der Waals surface area contributed by atoms with Gasteiger partial charge in [-0.05, 0) is 24.1 Å². The van der Waals surface area contributed by atoms with Crippen LogP contribution in [-0.4, -0.2) is 49.2 Å². The molecule has 2 atom stereocenters. The summed E-state index contributed by atoms with van der Waals surface area (Å²) >= 11 is 0. The van der Waals surface area contributed by atoms with Gasteiger partial charge in [0.1, 0.15) is 0 Å². The monoisotopic (exact) mass is 293 g/mol. The quantitative estimate of drug-likeness (QED) is 0.850. The molecule has 1 fully saturated rings. The molecule has 1 amide bonds. The summed E-state index contributed by atoms with van der Waals surface area (Å²) in [6.07, 6.45) is 0. The number of rotatable bonds is 3. The van der Waals surface area contributed by atoms with E-state index in [-0.39, 0.29) is 29.5 Å². The summed E-state index contributed by atoms with van der Waals surface area (Å²) in [6.45, 7) is 2.74. The smallest absolute Gasteiger partial charge is 0.310 e.